The SMILES string of the molecule is CCC(CC(=O)O)c1ncc[nH]1. The Hall–Kier alpha value is -1.32. The summed E-state index contributed by atoms with van der Waals surface area (Å²) >= 11 is 0. The van der Waals surface area contributed by atoms with Crippen LogP contribution in [0.5, 0.6) is 0 Å². The first-order valence-electron chi connectivity index (χ1n) is 3.95. The highest BCUT2D eigenvalue weighted by Gasteiger charge is 2.14. The molecule has 1 unspecified atom stereocenters. The maximum atomic E-state index is 10.4. The number of hydrogen-bond donors (Lipinski definition) is 2. The number of rotatable bonds is 4. The standard InChI is InChI=1S/C8H12N2O2/c1-2-6(5-7(11)12)8-9-3-4-10-8/h3-4,6H,2,5H2,1H3,(H,9,10)(H,11,12). The highest BCUT2D eigenvalue weighted by Crippen LogP contribution is 2.18. The van der Waals surface area contributed by atoms with Crippen molar-refractivity contribution >= 4 is 5.97 Å². The molecule has 0 bridgehead atoms. The van der Waals surface area contributed by atoms with Crippen molar-refractivity contribution in [3.05, 3.63) is 18.2 Å². The van der Waals surface area contributed by atoms with Gasteiger partial charge in [0, 0.05) is 18.3 Å². The van der Waals surface area contributed by atoms with Crippen molar-refractivity contribution in [2.24, 2.45) is 0 Å². The molecule has 0 radical (unpaired) electrons. The van der Waals surface area contributed by atoms with Crippen molar-refractivity contribution in [1.82, 2.24) is 9.97 Å². The largest absolute Gasteiger partial charge is 0.481 e. The van der Waals surface area contributed by atoms with Crippen LogP contribution in [0.15, 0.2) is 12.4 Å². The van der Waals surface area contributed by atoms with E-state index in [2.05, 4.69) is 9.97 Å². The number of imidazole rings is 1. The molecule has 1 rings (SSSR count). The number of aromatic nitrogens is 2. The number of hydrogen-bond acceptors (Lipinski definition) is 2. The van der Waals surface area contributed by atoms with Crippen molar-refractivity contribution in [3.63, 3.8) is 0 Å². The second-order valence-electron chi connectivity index (χ2n) is 2.68. The second-order valence-corrected chi connectivity index (χ2v) is 2.68. The number of carboxylic acid groups (broad SMARTS) is 1. The third-order valence-corrected chi connectivity index (χ3v) is 1.82. The van der Waals surface area contributed by atoms with Crippen molar-refractivity contribution < 1.29 is 9.90 Å². The van der Waals surface area contributed by atoms with Gasteiger partial charge >= 0.3 is 5.97 Å². The number of aliphatic carboxylic acids is 1. The van der Waals surface area contributed by atoms with Gasteiger partial charge in [0.15, 0.2) is 0 Å². The molecule has 1 aromatic rings. The summed E-state index contributed by atoms with van der Waals surface area (Å²) in [5.74, 6) is -0.00403. The van der Waals surface area contributed by atoms with Crippen LogP contribution < -0.4 is 0 Å². The number of carboxylic acids is 1. The Morgan fingerprint density at radius 3 is 3.00 bits per heavy atom. The first kappa shape index (κ1) is 8.77. The molecule has 0 aliphatic carbocycles. The highest BCUT2D eigenvalue weighted by molar-refractivity contribution is 5.67. The lowest BCUT2D eigenvalue weighted by Gasteiger charge is -2.07. The Morgan fingerprint density at radius 2 is 2.58 bits per heavy atom. The van der Waals surface area contributed by atoms with E-state index in [0.717, 1.165) is 12.2 Å². The molecular formula is C8H12N2O2. The molecule has 0 spiro atoms. The minimum Gasteiger partial charge on any atom is -0.481 e. The maximum absolute atomic E-state index is 10.4. The van der Waals surface area contributed by atoms with Crippen LogP contribution in [0, 0.1) is 0 Å². The van der Waals surface area contributed by atoms with Crippen molar-refractivity contribution in [1.29, 1.82) is 0 Å². The summed E-state index contributed by atoms with van der Waals surface area (Å²) in [5.41, 5.74) is 0. The van der Waals surface area contributed by atoms with Crippen LogP contribution in [0.25, 0.3) is 0 Å². The van der Waals surface area contributed by atoms with Gasteiger partial charge in [0.25, 0.3) is 0 Å². The number of carbonyl (C=O) groups is 1. The summed E-state index contributed by atoms with van der Waals surface area (Å²) in [6.45, 7) is 1.95. The van der Waals surface area contributed by atoms with Crippen LogP contribution in [0.2, 0.25) is 0 Å². The first-order chi connectivity index (χ1) is 5.74. The van der Waals surface area contributed by atoms with Gasteiger partial charge in [-0.3, -0.25) is 4.79 Å². The molecule has 12 heavy (non-hydrogen) atoms. The first-order valence-corrected chi connectivity index (χ1v) is 3.95. The Morgan fingerprint density at radius 1 is 1.83 bits per heavy atom. The third kappa shape index (κ3) is 2.08. The Bertz CT molecular complexity index is 244. The van der Waals surface area contributed by atoms with E-state index in [-0.39, 0.29) is 12.3 Å². The number of nitrogens with one attached hydrogen (secondary N) is 1. The third-order valence-electron chi connectivity index (χ3n) is 1.82. The van der Waals surface area contributed by atoms with Gasteiger partial charge in [-0.05, 0) is 6.42 Å². The average Bonchev–Trinajstić information content (AvgIpc) is 2.51. The zero-order valence-corrected chi connectivity index (χ0v) is 6.95. The van der Waals surface area contributed by atoms with Gasteiger partial charge in [0.05, 0.1) is 6.42 Å². The van der Waals surface area contributed by atoms with Crippen LogP contribution in [0.4, 0.5) is 0 Å². The molecule has 4 nitrogen and oxygen atoms in total. The summed E-state index contributed by atoms with van der Waals surface area (Å²) in [7, 11) is 0. The summed E-state index contributed by atoms with van der Waals surface area (Å²) in [4.78, 5) is 17.4. The molecule has 0 amide bonds. The van der Waals surface area contributed by atoms with Gasteiger partial charge in [-0.15, -0.1) is 0 Å². The normalized spacial score (nSPS) is 12.8. The molecule has 1 atom stereocenters. The molecule has 0 saturated heterocycles. The predicted molar refractivity (Wildman–Crippen MR) is 43.9 cm³/mol. The summed E-state index contributed by atoms with van der Waals surface area (Å²) in [5, 5.41) is 8.57. The number of H-pyrrole nitrogens is 1. The minimum atomic E-state index is -0.779. The maximum Gasteiger partial charge on any atom is 0.304 e. The fourth-order valence-corrected chi connectivity index (χ4v) is 1.15. The fourth-order valence-electron chi connectivity index (χ4n) is 1.15. The highest BCUT2D eigenvalue weighted by atomic mass is 16.4. The van der Waals surface area contributed by atoms with E-state index in [1.165, 1.54) is 0 Å². The molecule has 0 aliphatic rings. The minimum absolute atomic E-state index is 0.0116. The van der Waals surface area contributed by atoms with E-state index in [1.807, 2.05) is 6.92 Å². The molecule has 0 fully saturated rings. The summed E-state index contributed by atoms with van der Waals surface area (Å²) < 4.78 is 0. The van der Waals surface area contributed by atoms with Crippen LogP contribution in [-0.2, 0) is 4.79 Å². The van der Waals surface area contributed by atoms with Crippen LogP contribution in [-0.4, -0.2) is 21.0 Å². The Kier molecular flexibility index (Phi) is 2.85. The van der Waals surface area contributed by atoms with Crippen LogP contribution in [0.3, 0.4) is 0 Å². The topological polar surface area (TPSA) is 66.0 Å². The zero-order chi connectivity index (χ0) is 8.97. The summed E-state index contributed by atoms with van der Waals surface area (Å²) in [6.07, 6.45) is 4.28. The van der Waals surface area contributed by atoms with Gasteiger partial charge in [-0.25, -0.2) is 4.98 Å². The number of aromatic amines is 1. The van der Waals surface area contributed by atoms with Crippen molar-refractivity contribution in [2.45, 2.75) is 25.7 Å². The molecule has 0 saturated carbocycles. The molecule has 0 aromatic carbocycles. The lowest BCUT2D eigenvalue weighted by molar-refractivity contribution is -0.137. The second kappa shape index (κ2) is 3.90. The zero-order valence-electron chi connectivity index (χ0n) is 6.95. The molecule has 2 N–H and O–H groups in total. The van der Waals surface area contributed by atoms with Crippen molar-refractivity contribution in [2.75, 3.05) is 0 Å². The van der Waals surface area contributed by atoms with Crippen LogP contribution >= 0.6 is 0 Å². The van der Waals surface area contributed by atoms with E-state index in [4.69, 9.17) is 5.11 Å². The summed E-state index contributed by atoms with van der Waals surface area (Å²) in [6, 6.07) is 0. The molecule has 4 heteroatoms. The molecule has 1 heterocycles. The average molecular weight is 168 g/mol. The van der Waals surface area contributed by atoms with E-state index in [1.54, 1.807) is 12.4 Å². The monoisotopic (exact) mass is 168 g/mol. The lowest BCUT2D eigenvalue weighted by atomic mass is 10.0. The van der Waals surface area contributed by atoms with E-state index in [0.29, 0.717) is 0 Å². The molecule has 1 aromatic heterocycles. The van der Waals surface area contributed by atoms with Gasteiger partial charge in [-0.1, -0.05) is 6.92 Å². The van der Waals surface area contributed by atoms with Crippen LogP contribution in [0.1, 0.15) is 31.5 Å². The quantitative estimate of drug-likeness (QED) is 0.713. The van der Waals surface area contributed by atoms with Gasteiger partial charge in [-0.2, -0.15) is 0 Å². The van der Waals surface area contributed by atoms with Gasteiger partial charge in [0.1, 0.15) is 5.82 Å². The molecule has 66 valence electrons. The Balaban J connectivity index is 2.63. The van der Waals surface area contributed by atoms with E-state index in [9.17, 15) is 4.79 Å². The van der Waals surface area contributed by atoms with Gasteiger partial charge < -0.3 is 10.1 Å². The Labute approximate surface area is 70.6 Å². The molecular weight excluding hydrogens is 156 g/mol. The molecule has 0 aliphatic heterocycles. The van der Waals surface area contributed by atoms with E-state index < -0.39 is 5.97 Å². The van der Waals surface area contributed by atoms with Crippen molar-refractivity contribution in [3.8, 4) is 0 Å². The smallest absolute Gasteiger partial charge is 0.304 e. The lowest BCUT2D eigenvalue weighted by Crippen LogP contribution is -2.06. The predicted octanol–water partition coefficient (Wildman–Crippen LogP) is 1.38. The van der Waals surface area contributed by atoms with Gasteiger partial charge in [0.2, 0.25) is 0 Å². The van der Waals surface area contributed by atoms with E-state index >= 15 is 0 Å². The fraction of sp³-hybridized carbons (Fsp3) is 0.500. The number of nitrogens with zero attached hydrogens (tertiary/aromatic N) is 1.